The maximum absolute atomic E-state index is 12.1. The molecule has 112 valence electrons. The summed E-state index contributed by atoms with van der Waals surface area (Å²) in [5.74, 6) is -0.240. The third-order valence-electron chi connectivity index (χ3n) is 3.94. The topological polar surface area (TPSA) is 75.3 Å². The van der Waals surface area contributed by atoms with Gasteiger partial charge in [0.25, 0.3) is 10.0 Å². The highest BCUT2D eigenvalue weighted by Gasteiger charge is 2.29. The number of carbonyl (C=O) groups is 1. The van der Waals surface area contributed by atoms with Gasteiger partial charge in [0.05, 0.1) is 10.6 Å². The Bertz CT molecular complexity index is 689. The second kappa shape index (κ2) is 5.52. The Morgan fingerprint density at radius 1 is 1.19 bits per heavy atom. The van der Waals surface area contributed by atoms with Gasteiger partial charge in [-0.15, -0.1) is 0 Å². The van der Waals surface area contributed by atoms with Crippen molar-refractivity contribution in [1.82, 2.24) is 10.0 Å². The van der Waals surface area contributed by atoms with Crippen LogP contribution < -0.4 is 10.0 Å². The molecule has 1 aromatic rings. The van der Waals surface area contributed by atoms with Crippen LogP contribution in [0, 0.1) is 0 Å². The number of benzene rings is 1. The Morgan fingerprint density at radius 3 is 2.67 bits per heavy atom. The SMILES string of the molecule is O=C(C=C1NS(=O)(=O)c2ccccc21)NC1CCCCC1. The summed E-state index contributed by atoms with van der Waals surface area (Å²) in [6, 6.07) is 6.87. The van der Waals surface area contributed by atoms with Gasteiger partial charge in [-0.3, -0.25) is 9.52 Å². The fraction of sp³-hybridized carbons (Fsp3) is 0.400. The maximum atomic E-state index is 12.1. The van der Waals surface area contributed by atoms with E-state index in [2.05, 4.69) is 10.0 Å². The minimum Gasteiger partial charge on any atom is -0.350 e. The summed E-state index contributed by atoms with van der Waals surface area (Å²) in [6.07, 6.45) is 6.83. The molecule has 0 radical (unpaired) electrons. The van der Waals surface area contributed by atoms with E-state index in [-0.39, 0.29) is 16.8 Å². The monoisotopic (exact) mass is 306 g/mol. The van der Waals surface area contributed by atoms with E-state index in [0.29, 0.717) is 11.3 Å². The number of hydrogen-bond donors (Lipinski definition) is 2. The second-order valence-corrected chi connectivity index (χ2v) is 7.15. The average molecular weight is 306 g/mol. The third kappa shape index (κ3) is 2.95. The fourth-order valence-corrected chi connectivity index (χ4v) is 4.20. The van der Waals surface area contributed by atoms with Crippen LogP contribution in [-0.4, -0.2) is 20.4 Å². The average Bonchev–Trinajstić information content (AvgIpc) is 2.72. The highest BCUT2D eigenvalue weighted by Crippen LogP contribution is 2.29. The van der Waals surface area contributed by atoms with Crippen LogP contribution in [0.15, 0.2) is 35.2 Å². The minimum absolute atomic E-state index is 0.205. The number of amides is 1. The molecule has 0 saturated heterocycles. The molecule has 5 nitrogen and oxygen atoms in total. The standard InChI is InChI=1S/C15H18N2O3S/c18-15(16-11-6-2-1-3-7-11)10-13-12-8-4-5-9-14(12)21(19,20)17-13/h4-5,8-11,17H,1-3,6-7H2,(H,16,18). The first kappa shape index (κ1) is 14.1. The van der Waals surface area contributed by atoms with Crippen LogP contribution in [0.1, 0.15) is 37.7 Å². The molecule has 1 amide bonds. The van der Waals surface area contributed by atoms with Crippen molar-refractivity contribution in [3.63, 3.8) is 0 Å². The Labute approximate surface area is 124 Å². The van der Waals surface area contributed by atoms with Gasteiger partial charge in [-0.2, -0.15) is 0 Å². The molecule has 0 atom stereocenters. The zero-order valence-electron chi connectivity index (χ0n) is 11.6. The van der Waals surface area contributed by atoms with Crippen molar-refractivity contribution in [1.29, 1.82) is 0 Å². The summed E-state index contributed by atoms with van der Waals surface area (Å²) in [4.78, 5) is 12.3. The predicted molar refractivity (Wildman–Crippen MR) is 79.8 cm³/mol. The molecule has 0 bridgehead atoms. The maximum Gasteiger partial charge on any atom is 0.262 e. The van der Waals surface area contributed by atoms with Crippen LogP contribution in [0.5, 0.6) is 0 Å². The van der Waals surface area contributed by atoms with Gasteiger partial charge in [-0.1, -0.05) is 37.5 Å². The smallest absolute Gasteiger partial charge is 0.262 e. The van der Waals surface area contributed by atoms with Gasteiger partial charge in [0.1, 0.15) is 0 Å². The van der Waals surface area contributed by atoms with Crippen LogP contribution in [-0.2, 0) is 14.8 Å². The van der Waals surface area contributed by atoms with Crippen LogP contribution in [0.4, 0.5) is 0 Å². The van der Waals surface area contributed by atoms with Crippen molar-refractivity contribution in [2.24, 2.45) is 0 Å². The normalized spacial score (nSPS) is 22.6. The summed E-state index contributed by atoms with van der Waals surface area (Å²) in [5, 5.41) is 2.95. The van der Waals surface area contributed by atoms with E-state index in [1.54, 1.807) is 18.2 Å². The van der Waals surface area contributed by atoms with E-state index >= 15 is 0 Å². The van der Waals surface area contributed by atoms with Gasteiger partial charge in [-0.25, -0.2) is 8.42 Å². The lowest BCUT2D eigenvalue weighted by Crippen LogP contribution is -2.35. The summed E-state index contributed by atoms with van der Waals surface area (Å²) in [5.41, 5.74) is 0.898. The number of rotatable bonds is 2. The van der Waals surface area contributed by atoms with Gasteiger partial charge in [-0.05, 0) is 18.9 Å². The van der Waals surface area contributed by atoms with Gasteiger partial charge < -0.3 is 5.32 Å². The Balaban J connectivity index is 1.79. The fourth-order valence-electron chi connectivity index (χ4n) is 2.91. The lowest BCUT2D eigenvalue weighted by Gasteiger charge is -2.22. The first-order chi connectivity index (χ1) is 10.1. The summed E-state index contributed by atoms with van der Waals surface area (Å²) >= 11 is 0. The molecule has 1 heterocycles. The number of sulfonamides is 1. The molecule has 1 aliphatic carbocycles. The van der Waals surface area contributed by atoms with Gasteiger partial charge in [0.15, 0.2) is 0 Å². The number of nitrogens with one attached hydrogen (secondary N) is 2. The molecule has 1 aromatic carbocycles. The van der Waals surface area contributed by atoms with E-state index in [0.717, 1.165) is 25.7 Å². The van der Waals surface area contributed by atoms with Crippen molar-refractivity contribution >= 4 is 21.6 Å². The van der Waals surface area contributed by atoms with Crippen LogP contribution in [0.2, 0.25) is 0 Å². The summed E-state index contributed by atoms with van der Waals surface area (Å²) in [6.45, 7) is 0. The van der Waals surface area contributed by atoms with Crippen molar-refractivity contribution in [2.75, 3.05) is 0 Å². The molecule has 1 aliphatic heterocycles. The molecule has 1 saturated carbocycles. The molecule has 3 rings (SSSR count). The molecular formula is C15H18N2O3S. The van der Waals surface area contributed by atoms with Gasteiger partial charge >= 0.3 is 0 Å². The number of carbonyl (C=O) groups excluding carboxylic acids is 1. The van der Waals surface area contributed by atoms with Gasteiger partial charge in [0.2, 0.25) is 5.91 Å². The van der Waals surface area contributed by atoms with Crippen LogP contribution >= 0.6 is 0 Å². The molecule has 0 aromatic heterocycles. The Hall–Kier alpha value is -1.82. The van der Waals surface area contributed by atoms with Crippen molar-refractivity contribution < 1.29 is 13.2 Å². The molecular weight excluding hydrogens is 288 g/mol. The minimum atomic E-state index is -3.53. The number of hydrogen-bond acceptors (Lipinski definition) is 3. The summed E-state index contributed by atoms with van der Waals surface area (Å²) < 4.78 is 26.3. The highest BCUT2D eigenvalue weighted by molar-refractivity contribution is 7.90. The quantitative estimate of drug-likeness (QED) is 0.818. The first-order valence-corrected chi connectivity index (χ1v) is 8.69. The highest BCUT2D eigenvalue weighted by atomic mass is 32.2. The van der Waals surface area contributed by atoms with E-state index in [9.17, 15) is 13.2 Å². The third-order valence-corrected chi connectivity index (χ3v) is 5.36. The molecule has 6 heteroatoms. The first-order valence-electron chi connectivity index (χ1n) is 7.21. The molecule has 0 spiro atoms. The zero-order chi connectivity index (χ0) is 14.9. The van der Waals surface area contributed by atoms with E-state index in [1.807, 2.05) is 0 Å². The van der Waals surface area contributed by atoms with E-state index < -0.39 is 10.0 Å². The zero-order valence-corrected chi connectivity index (χ0v) is 12.4. The van der Waals surface area contributed by atoms with E-state index in [1.165, 1.54) is 18.6 Å². The Kier molecular flexibility index (Phi) is 3.71. The van der Waals surface area contributed by atoms with Crippen molar-refractivity contribution in [3.8, 4) is 0 Å². The molecule has 2 N–H and O–H groups in total. The van der Waals surface area contributed by atoms with Gasteiger partial charge in [0, 0.05) is 17.7 Å². The van der Waals surface area contributed by atoms with Crippen LogP contribution in [0.25, 0.3) is 5.70 Å². The largest absolute Gasteiger partial charge is 0.350 e. The molecule has 0 unspecified atom stereocenters. The van der Waals surface area contributed by atoms with Crippen molar-refractivity contribution in [2.45, 2.75) is 43.0 Å². The second-order valence-electron chi connectivity index (χ2n) is 5.50. The van der Waals surface area contributed by atoms with Crippen molar-refractivity contribution in [3.05, 3.63) is 35.9 Å². The lowest BCUT2D eigenvalue weighted by atomic mass is 9.95. The molecule has 1 fully saturated rings. The molecule has 2 aliphatic rings. The molecule has 21 heavy (non-hydrogen) atoms. The summed E-state index contributed by atoms with van der Waals surface area (Å²) in [7, 11) is -3.53. The Morgan fingerprint density at radius 2 is 1.90 bits per heavy atom. The lowest BCUT2D eigenvalue weighted by molar-refractivity contribution is -0.117. The number of fused-ring (bicyclic) bond motifs is 1. The van der Waals surface area contributed by atoms with E-state index in [4.69, 9.17) is 0 Å². The van der Waals surface area contributed by atoms with Crippen LogP contribution in [0.3, 0.4) is 0 Å². The predicted octanol–water partition coefficient (Wildman–Crippen LogP) is 1.77.